The van der Waals surface area contributed by atoms with Gasteiger partial charge in [-0.25, -0.2) is 0 Å². The zero-order chi connectivity index (χ0) is 20.4. The van der Waals surface area contributed by atoms with Gasteiger partial charge in [0.15, 0.2) is 6.29 Å². The molecule has 3 aromatic rings. The van der Waals surface area contributed by atoms with Crippen molar-refractivity contribution < 1.29 is 29.9 Å². The summed E-state index contributed by atoms with van der Waals surface area (Å²) in [6, 6.07) is 21.7. The molecule has 1 fully saturated rings. The molecule has 0 bridgehead atoms. The minimum absolute atomic E-state index is 0.438. The fraction of sp³-hybridized carbons (Fsp3) is 0.304. The summed E-state index contributed by atoms with van der Waals surface area (Å²) >= 11 is 0. The van der Waals surface area contributed by atoms with Crippen LogP contribution in [-0.2, 0) is 9.47 Å². The van der Waals surface area contributed by atoms with Gasteiger partial charge in [0.2, 0.25) is 0 Å². The molecular weight excluding hydrogens is 372 g/mol. The van der Waals surface area contributed by atoms with Gasteiger partial charge in [0.05, 0.1) is 13.2 Å². The van der Waals surface area contributed by atoms with E-state index in [0.29, 0.717) is 5.56 Å². The largest absolute Gasteiger partial charge is 0.394 e. The lowest BCUT2D eigenvalue weighted by molar-refractivity contribution is -0.310. The normalized spacial score (nSPS) is 25.8. The third-order valence-corrected chi connectivity index (χ3v) is 5.34. The van der Waals surface area contributed by atoms with E-state index < -0.39 is 43.9 Å². The number of fused-ring (bicyclic) bond motifs is 1. The van der Waals surface area contributed by atoms with Crippen molar-refractivity contribution in [3.63, 3.8) is 0 Å². The van der Waals surface area contributed by atoms with Crippen LogP contribution in [0.5, 0.6) is 0 Å². The van der Waals surface area contributed by atoms with Gasteiger partial charge in [-0.15, -0.1) is 0 Å². The Balaban J connectivity index is 1.78. The molecule has 29 heavy (non-hydrogen) atoms. The lowest BCUT2D eigenvalue weighted by Gasteiger charge is -2.41. The van der Waals surface area contributed by atoms with Gasteiger partial charge in [-0.2, -0.15) is 0 Å². The minimum Gasteiger partial charge on any atom is -0.394 e. The Morgan fingerprint density at radius 3 is 2.31 bits per heavy atom. The number of aliphatic hydroxyl groups excluding tert-OH is 4. The highest BCUT2D eigenvalue weighted by Gasteiger charge is 2.42. The molecule has 0 saturated carbocycles. The fourth-order valence-corrected chi connectivity index (χ4v) is 3.83. The SMILES string of the molecule is OC[C@@H](O)[C@H]1OC(c2ccccc2-c2cccc3ccccc23)O[C@@H](CO)[C@H]1O. The summed E-state index contributed by atoms with van der Waals surface area (Å²) in [5, 5.41) is 41.6. The van der Waals surface area contributed by atoms with Gasteiger partial charge in [0.25, 0.3) is 0 Å². The van der Waals surface area contributed by atoms with Gasteiger partial charge in [-0.3, -0.25) is 0 Å². The molecule has 0 aromatic heterocycles. The quantitative estimate of drug-likeness (QED) is 0.527. The highest BCUT2D eigenvalue weighted by molar-refractivity contribution is 5.97. The van der Waals surface area contributed by atoms with E-state index in [4.69, 9.17) is 9.47 Å². The van der Waals surface area contributed by atoms with Crippen molar-refractivity contribution in [2.24, 2.45) is 0 Å². The van der Waals surface area contributed by atoms with Crippen molar-refractivity contribution in [1.82, 2.24) is 0 Å². The number of hydrogen-bond acceptors (Lipinski definition) is 6. The fourth-order valence-electron chi connectivity index (χ4n) is 3.83. The summed E-state index contributed by atoms with van der Waals surface area (Å²) in [6.07, 6.45) is -5.51. The molecule has 3 aromatic carbocycles. The number of rotatable bonds is 5. The van der Waals surface area contributed by atoms with Gasteiger partial charge in [0, 0.05) is 5.56 Å². The third-order valence-electron chi connectivity index (χ3n) is 5.34. The molecule has 1 aliphatic rings. The van der Waals surface area contributed by atoms with Crippen molar-refractivity contribution in [2.75, 3.05) is 13.2 Å². The van der Waals surface area contributed by atoms with Crippen LogP contribution in [0.3, 0.4) is 0 Å². The molecule has 6 heteroatoms. The van der Waals surface area contributed by atoms with Crippen molar-refractivity contribution >= 4 is 10.8 Å². The highest BCUT2D eigenvalue weighted by atomic mass is 16.7. The first-order chi connectivity index (χ1) is 14.1. The molecule has 1 aliphatic heterocycles. The molecule has 0 aliphatic carbocycles. The second-order valence-electron chi connectivity index (χ2n) is 7.14. The summed E-state index contributed by atoms with van der Waals surface area (Å²) in [4.78, 5) is 0. The van der Waals surface area contributed by atoms with E-state index >= 15 is 0 Å². The van der Waals surface area contributed by atoms with Crippen LogP contribution in [0, 0.1) is 0 Å². The van der Waals surface area contributed by atoms with E-state index in [1.807, 2.05) is 66.7 Å². The van der Waals surface area contributed by atoms with E-state index in [2.05, 4.69) is 0 Å². The predicted octanol–water partition coefficient (Wildman–Crippen LogP) is 2.00. The first-order valence-corrected chi connectivity index (χ1v) is 9.60. The lowest BCUT2D eigenvalue weighted by Crippen LogP contribution is -2.54. The average molecular weight is 396 g/mol. The van der Waals surface area contributed by atoms with Crippen LogP contribution in [0.2, 0.25) is 0 Å². The number of hydrogen-bond donors (Lipinski definition) is 4. The zero-order valence-corrected chi connectivity index (χ0v) is 15.8. The van der Waals surface area contributed by atoms with Crippen LogP contribution in [0.4, 0.5) is 0 Å². The molecule has 4 rings (SSSR count). The van der Waals surface area contributed by atoms with E-state index in [1.54, 1.807) is 0 Å². The maximum atomic E-state index is 10.3. The van der Waals surface area contributed by atoms with Crippen LogP contribution in [0.1, 0.15) is 11.9 Å². The Hall–Kier alpha value is -2.32. The summed E-state index contributed by atoms with van der Waals surface area (Å²) in [6.45, 7) is -1.01. The Morgan fingerprint density at radius 2 is 1.52 bits per heavy atom. The first kappa shape index (κ1) is 20.0. The van der Waals surface area contributed by atoms with Crippen LogP contribution in [0.25, 0.3) is 21.9 Å². The molecule has 1 heterocycles. The molecule has 0 amide bonds. The van der Waals surface area contributed by atoms with Crippen LogP contribution in [-0.4, -0.2) is 58.1 Å². The second-order valence-corrected chi connectivity index (χ2v) is 7.14. The minimum atomic E-state index is -1.30. The van der Waals surface area contributed by atoms with E-state index in [0.717, 1.165) is 21.9 Å². The molecule has 1 saturated heterocycles. The third kappa shape index (κ3) is 3.79. The monoisotopic (exact) mass is 396 g/mol. The van der Waals surface area contributed by atoms with Crippen molar-refractivity contribution in [1.29, 1.82) is 0 Å². The Labute approximate surface area is 168 Å². The summed E-state index contributed by atoms with van der Waals surface area (Å²) in [5.41, 5.74) is 2.60. The molecule has 5 atom stereocenters. The van der Waals surface area contributed by atoms with Crippen molar-refractivity contribution in [3.8, 4) is 11.1 Å². The number of ether oxygens (including phenoxy) is 2. The van der Waals surface area contributed by atoms with E-state index in [1.165, 1.54) is 0 Å². The summed E-state index contributed by atoms with van der Waals surface area (Å²) < 4.78 is 11.7. The van der Waals surface area contributed by atoms with Gasteiger partial charge in [0.1, 0.15) is 24.4 Å². The standard InChI is InChI=1S/C23H24O6/c24-12-19(26)22-21(27)20(13-25)28-23(29-22)18-10-4-3-9-17(18)16-11-5-7-14-6-1-2-8-15(14)16/h1-11,19-27H,12-13H2/t19-,20+,21-,22-,23?/m1/s1. The smallest absolute Gasteiger partial charge is 0.185 e. The predicted molar refractivity (Wildman–Crippen MR) is 108 cm³/mol. The van der Waals surface area contributed by atoms with E-state index in [9.17, 15) is 20.4 Å². The zero-order valence-electron chi connectivity index (χ0n) is 15.8. The topological polar surface area (TPSA) is 99.4 Å². The first-order valence-electron chi connectivity index (χ1n) is 9.60. The van der Waals surface area contributed by atoms with Crippen LogP contribution in [0.15, 0.2) is 66.7 Å². The van der Waals surface area contributed by atoms with Crippen LogP contribution >= 0.6 is 0 Å². The van der Waals surface area contributed by atoms with E-state index in [-0.39, 0.29) is 0 Å². The average Bonchev–Trinajstić information content (AvgIpc) is 2.78. The Bertz CT molecular complexity index is 969. The second kappa shape index (κ2) is 8.59. The van der Waals surface area contributed by atoms with Crippen molar-refractivity contribution in [2.45, 2.75) is 30.7 Å². The molecule has 4 N–H and O–H groups in total. The molecular formula is C23H24O6. The number of aliphatic hydroxyl groups is 4. The van der Waals surface area contributed by atoms with Gasteiger partial charge in [-0.1, -0.05) is 66.7 Å². The van der Waals surface area contributed by atoms with Gasteiger partial charge in [-0.05, 0) is 21.9 Å². The Morgan fingerprint density at radius 1 is 0.828 bits per heavy atom. The maximum Gasteiger partial charge on any atom is 0.185 e. The van der Waals surface area contributed by atoms with Crippen LogP contribution < -0.4 is 0 Å². The Kier molecular flexibility index (Phi) is 5.91. The van der Waals surface area contributed by atoms with Gasteiger partial charge < -0.3 is 29.9 Å². The molecule has 0 spiro atoms. The molecule has 1 unspecified atom stereocenters. The molecule has 6 nitrogen and oxygen atoms in total. The number of benzene rings is 3. The lowest BCUT2D eigenvalue weighted by atomic mass is 9.93. The molecule has 0 radical (unpaired) electrons. The van der Waals surface area contributed by atoms with Crippen molar-refractivity contribution in [3.05, 3.63) is 72.3 Å². The summed E-state index contributed by atoms with van der Waals surface area (Å²) in [7, 11) is 0. The maximum absolute atomic E-state index is 10.3. The van der Waals surface area contributed by atoms with Gasteiger partial charge >= 0.3 is 0 Å². The highest BCUT2D eigenvalue weighted by Crippen LogP contribution is 2.38. The molecule has 152 valence electrons. The summed E-state index contributed by atoms with van der Waals surface area (Å²) in [5.74, 6) is 0.